The molecule has 1 aliphatic rings. The highest BCUT2D eigenvalue weighted by molar-refractivity contribution is 9.10. The van der Waals surface area contributed by atoms with E-state index in [1.165, 1.54) is 0 Å². The summed E-state index contributed by atoms with van der Waals surface area (Å²) in [5, 5.41) is 2.83. The average molecular weight is 417 g/mol. The molecule has 1 N–H and O–H groups in total. The van der Waals surface area contributed by atoms with Crippen molar-refractivity contribution in [1.82, 2.24) is 0 Å². The lowest BCUT2D eigenvalue weighted by molar-refractivity contribution is -0.129. The van der Waals surface area contributed by atoms with Crippen molar-refractivity contribution in [1.29, 1.82) is 0 Å². The Morgan fingerprint density at radius 3 is 2.62 bits per heavy atom. The second kappa shape index (κ2) is 7.91. The summed E-state index contributed by atoms with van der Waals surface area (Å²) >= 11 is 3.41. The first-order valence-corrected chi connectivity index (χ1v) is 9.38. The minimum absolute atomic E-state index is 0.0931. The van der Waals surface area contributed by atoms with Gasteiger partial charge in [0.2, 0.25) is 11.8 Å². The van der Waals surface area contributed by atoms with Gasteiger partial charge in [-0.2, -0.15) is 0 Å². The molecule has 1 heterocycles. The summed E-state index contributed by atoms with van der Waals surface area (Å²) in [6.45, 7) is 4.45. The van der Waals surface area contributed by atoms with E-state index in [9.17, 15) is 9.59 Å². The van der Waals surface area contributed by atoms with Gasteiger partial charge >= 0.3 is 0 Å². The molecule has 26 heavy (non-hydrogen) atoms. The predicted octanol–water partition coefficient (Wildman–Crippen LogP) is 4.23. The van der Waals surface area contributed by atoms with Crippen molar-refractivity contribution < 1.29 is 14.3 Å². The molecule has 2 amide bonds. The van der Waals surface area contributed by atoms with E-state index < -0.39 is 5.92 Å². The van der Waals surface area contributed by atoms with Crippen LogP contribution in [0.2, 0.25) is 0 Å². The van der Waals surface area contributed by atoms with Gasteiger partial charge in [0.15, 0.2) is 0 Å². The van der Waals surface area contributed by atoms with Crippen LogP contribution in [0, 0.1) is 5.92 Å². The normalized spacial score (nSPS) is 16.8. The number of nitrogens with zero attached hydrogens (tertiary/aromatic N) is 1. The molecule has 0 aliphatic carbocycles. The molecule has 1 saturated heterocycles. The molecule has 1 atom stereocenters. The summed E-state index contributed by atoms with van der Waals surface area (Å²) in [6, 6.07) is 14.7. The van der Waals surface area contributed by atoms with Crippen molar-refractivity contribution in [2.75, 3.05) is 16.8 Å². The minimum Gasteiger partial charge on any atom is -0.491 e. The number of ether oxygens (including phenoxy) is 1. The van der Waals surface area contributed by atoms with E-state index in [0.29, 0.717) is 18.7 Å². The Morgan fingerprint density at radius 2 is 1.96 bits per heavy atom. The molecule has 5 nitrogen and oxygen atoms in total. The molecule has 1 unspecified atom stereocenters. The zero-order valence-electron chi connectivity index (χ0n) is 14.7. The molecule has 1 aliphatic heterocycles. The van der Waals surface area contributed by atoms with E-state index in [-0.39, 0.29) is 17.9 Å². The number of hydrogen-bond acceptors (Lipinski definition) is 3. The third-order valence-corrected chi connectivity index (χ3v) is 4.63. The van der Waals surface area contributed by atoms with Crippen LogP contribution in [0.25, 0.3) is 0 Å². The van der Waals surface area contributed by atoms with E-state index in [4.69, 9.17) is 4.74 Å². The van der Waals surface area contributed by atoms with Crippen LogP contribution >= 0.6 is 15.9 Å². The number of amides is 2. The van der Waals surface area contributed by atoms with Crippen molar-refractivity contribution in [2.24, 2.45) is 5.92 Å². The maximum atomic E-state index is 12.7. The van der Waals surface area contributed by atoms with Crippen molar-refractivity contribution in [3.05, 3.63) is 53.0 Å². The average Bonchev–Trinajstić information content (AvgIpc) is 2.98. The van der Waals surface area contributed by atoms with Crippen molar-refractivity contribution in [3.63, 3.8) is 0 Å². The second-order valence-corrected chi connectivity index (χ2v) is 7.41. The van der Waals surface area contributed by atoms with E-state index in [2.05, 4.69) is 21.2 Å². The molecule has 2 aromatic rings. The number of carbonyl (C=O) groups excluding carboxylic acids is 2. The molecule has 0 spiro atoms. The van der Waals surface area contributed by atoms with E-state index in [0.717, 1.165) is 15.9 Å². The largest absolute Gasteiger partial charge is 0.491 e. The Morgan fingerprint density at radius 1 is 1.23 bits per heavy atom. The first-order valence-electron chi connectivity index (χ1n) is 8.58. The number of rotatable bonds is 5. The van der Waals surface area contributed by atoms with Gasteiger partial charge in [-0.15, -0.1) is 0 Å². The SMILES string of the molecule is CC(C)Oc1ccc(NC(=O)C2CCN(c3cccc(Br)c3)C2=O)cc1. The molecule has 3 rings (SSSR count). The molecule has 2 aromatic carbocycles. The van der Waals surface area contributed by atoms with Crippen LogP contribution in [0.15, 0.2) is 53.0 Å². The summed E-state index contributed by atoms with van der Waals surface area (Å²) in [6.07, 6.45) is 0.599. The smallest absolute Gasteiger partial charge is 0.239 e. The number of carbonyl (C=O) groups is 2. The lowest BCUT2D eigenvalue weighted by atomic mass is 10.1. The van der Waals surface area contributed by atoms with Gasteiger partial charge in [-0.05, 0) is 62.7 Å². The Kier molecular flexibility index (Phi) is 5.61. The summed E-state index contributed by atoms with van der Waals surface area (Å²) in [4.78, 5) is 26.8. The molecular weight excluding hydrogens is 396 g/mol. The van der Waals surface area contributed by atoms with Crippen LogP contribution in [0.4, 0.5) is 11.4 Å². The topological polar surface area (TPSA) is 58.6 Å². The summed E-state index contributed by atoms with van der Waals surface area (Å²) in [5.41, 5.74) is 1.45. The fourth-order valence-electron chi connectivity index (χ4n) is 2.94. The zero-order chi connectivity index (χ0) is 18.7. The number of benzene rings is 2. The number of anilines is 2. The fraction of sp³-hybridized carbons (Fsp3) is 0.300. The first kappa shape index (κ1) is 18.5. The summed E-state index contributed by atoms with van der Waals surface area (Å²) < 4.78 is 6.49. The van der Waals surface area contributed by atoms with Crippen LogP contribution in [-0.4, -0.2) is 24.5 Å². The van der Waals surface area contributed by atoms with Crippen LogP contribution in [0.3, 0.4) is 0 Å². The van der Waals surface area contributed by atoms with Crippen molar-refractivity contribution in [3.8, 4) is 5.75 Å². The summed E-state index contributed by atoms with van der Waals surface area (Å²) in [7, 11) is 0. The lowest BCUT2D eigenvalue weighted by Crippen LogP contribution is -2.33. The first-order chi connectivity index (χ1) is 12.4. The van der Waals surface area contributed by atoms with Gasteiger partial charge in [0.25, 0.3) is 0 Å². The molecule has 0 aromatic heterocycles. The number of hydrogen-bond donors (Lipinski definition) is 1. The third-order valence-electron chi connectivity index (χ3n) is 4.14. The quantitative estimate of drug-likeness (QED) is 0.741. The molecule has 136 valence electrons. The lowest BCUT2D eigenvalue weighted by Gasteiger charge is -2.17. The van der Waals surface area contributed by atoms with E-state index in [1.807, 2.05) is 38.1 Å². The Hall–Kier alpha value is -2.34. The fourth-order valence-corrected chi connectivity index (χ4v) is 3.33. The third kappa shape index (κ3) is 4.25. The van der Waals surface area contributed by atoms with Gasteiger partial charge in [-0.3, -0.25) is 9.59 Å². The monoisotopic (exact) mass is 416 g/mol. The van der Waals surface area contributed by atoms with Crippen molar-refractivity contribution >= 4 is 39.1 Å². The predicted molar refractivity (Wildman–Crippen MR) is 105 cm³/mol. The van der Waals surface area contributed by atoms with Crippen LogP contribution in [0.5, 0.6) is 5.75 Å². The maximum Gasteiger partial charge on any atom is 0.239 e. The Bertz CT molecular complexity index is 805. The minimum atomic E-state index is -0.666. The highest BCUT2D eigenvalue weighted by Gasteiger charge is 2.37. The second-order valence-electron chi connectivity index (χ2n) is 6.49. The highest BCUT2D eigenvalue weighted by Crippen LogP contribution is 2.28. The Labute approximate surface area is 161 Å². The molecule has 0 radical (unpaired) electrons. The van der Waals surface area contributed by atoms with Gasteiger partial charge in [0, 0.05) is 22.4 Å². The van der Waals surface area contributed by atoms with Crippen molar-refractivity contribution in [2.45, 2.75) is 26.4 Å². The van der Waals surface area contributed by atoms with Gasteiger partial charge in [-0.1, -0.05) is 22.0 Å². The van der Waals surface area contributed by atoms with Crippen LogP contribution < -0.4 is 15.0 Å². The van der Waals surface area contributed by atoms with Gasteiger partial charge in [0.05, 0.1) is 6.10 Å². The van der Waals surface area contributed by atoms with Gasteiger partial charge in [0.1, 0.15) is 11.7 Å². The van der Waals surface area contributed by atoms with Gasteiger partial charge in [-0.25, -0.2) is 0 Å². The molecule has 0 bridgehead atoms. The maximum absolute atomic E-state index is 12.7. The summed E-state index contributed by atoms with van der Waals surface area (Å²) in [5.74, 6) is -0.360. The molecule has 0 saturated carbocycles. The van der Waals surface area contributed by atoms with Crippen LogP contribution in [0.1, 0.15) is 20.3 Å². The van der Waals surface area contributed by atoms with E-state index in [1.54, 1.807) is 29.2 Å². The zero-order valence-corrected chi connectivity index (χ0v) is 16.3. The van der Waals surface area contributed by atoms with Gasteiger partial charge < -0.3 is 15.0 Å². The van der Waals surface area contributed by atoms with E-state index >= 15 is 0 Å². The molecular formula is C20H21BrN2O3. The van der Waals surface area contributed by atoms with Crippen LogP contribution in [-0.2, 0) is 9.59 Å². The number of halogens is 1. The number of nitrogens with one attached hydrogen (secondary N) is 1. The Balaban J connectivity index is 1.64. The molecule has 1 fully saturated rings. The standard InChI is InChI=1S/C20H21BrN2O3/c1-13(2)26-17-8-6-15(7-9-17)22-19(24)18-10-11-23(20(18)25)16-5-3-4-14(21)12-16/h3-9,12-13,18H,10-11H2,1-2H3,(H,22,24). The highest BCUT2D eigenvalue weighted by atomic mass is 79.9. The molecule has 6 heteroatoms.